The SMILES string of the molecule is CCC(CC)C(O)CNC(C)CC(=O)Nc1ccc(C)cc1C. The van der Waals surface area contributed by atoms with E-state index in [1.54, 1.807) is 0 Å². The van der Waals surface area contributed by atoms with E-state index in [1.807, 2.05) is 32.9 Å². The molecule has 1 amide bonds. The molecule has 4 heteroatoms. The van der Waals surface area contributed by atoms with Gasteiger partial charge in [-0.3, -0.25) is 4.79 Å². The summed E-state index contributed by atoms with van der Waals surface area (Å²) in [6, 6.07) is 6.03. The van der Waals surface area contributed by atoms with Crippen molar-refractivity contribution in [1.29, 1.82) is 0 Å². The van der Waals surface area contributed by atoms with E-state index in [9.17, 15) is 9.90 Å². The summed E-state index contributed by atoms with van der Waals surface area (Å²) in [5.41, 5.74) is 3.12. The van der Waals surface area contributed by atoms with Crippen LogP contribution in [-0.4, -0.2) is 29.7 Å². The number of aliphatic hydroxyl groups is 1. The normalized spacial score (nSPS) is 13.9. The van der Waals surface area contributed by atoms with E-state index in [0.717, 1.165) is 24.1 Å². The van der Waals surface area contributed by atoms with Crippen molar-refractivity contribution in [2.75, 3.05) is 11.9 Å². The van der Waals surface area contributed by atoms with Crippen molar-refractivity contribution < 1.29 is 9.90 Å². The Kier molecular flexibility index (Phi) is 8.28. The van der Waals surface area contributed by atoms with Crippen LogP contribution in [0.5, 0.6) is 0 Å². The predicted octanol–water partition coefficient (Wildman–Crippen LogP) is 3.41. The lowest BCUT2D eigenvalue weighted by Gasteiger charge is -2.22. The molecule has 0 radical (unpaired) electrons. The molecule has 0 fully saturated rings. The zero-order valence-electron chi connectivity index (χ0n) is 15.1. The molecule has 0 aromatic heterocycles. The number of carbonyl (C=O) groups excluding carboxylic acids is 1. The van der Waals surface area contributed by atoms with Crippen molar-refractivity contribution in [3.05, 3.63) is 29.3 Å². The quantitative estimate of drug-likeness (QED) is 0.653. The van der Waals surface area contributed by atoms with Gasteiger partial charge in [-0.05, 0) is 38.3 Å². The summed E-state index contributed by atoms with van der Waals surface area (Å²) in [5, 5.41) is 16.3. The molecule has 2 unspecified atom stereocenters. The third-order valence-corrected chi connectivity index (χ3v) is 4.42. The lowest BCUT2D eigenvalue weighted by molar-refractivity contribution is -0.116. The highest BCUT2D eigenvalue weighted by atomic mass is 16.3. The Labute approximate surface area is 140 Å². The Hall–Kier alpha value is -1.39. The van der Waals surface area contributed by atoms with E-state index >= 15 is 0 Å². The third-order valence-electron chi connectivity index (χ3n) is 4.42. The molecular weight excluding hydrogens is 288 g/mol. The van der Waals surface area contributed by atoms with Crippen molar-refractivity contribution in [3.8, 4) is 0 Å². The molecule has 1 aromatic carbocycles. The first-order chi connectivity index (χ1) is 10.9. The van der Waals surface area contributed by atoms with Gasteiger partial charge in [-0.15, -0.1) is 0 Å². The molecule has 1 rings (SSSR count). The van der Waals surface area contributed by atoms with Crippen molar-refractivity contribution in [2.45, 2.75) is 66.0 Å². The van der Waals surface area contributed by atoms with Gasteiger partial charge >= 0.3 is 0 Å². The van der Waals surface area contributed by atoms with Gasteiger partial charge < -0.3 is 15.7 Å². The van der Waals surface area contributed by atoms with Gasteiger partial charge in [0.05, 0.1) is 6.10 Å². The molecule has 0 saturated heterocycles. The van der Waals surface area contributed by atoms with Crippen molar-refractivity contribution in [2.24, 2.45) is 5.92 Å². The second kappa shape index (κ2) is 9.68. The third kappa shape index (κ3) is 6.71. The van der Waals surface area contributed by atoms with E-state index in [-0.39, 0.29) is 18.1 Å². The summed E-state index contributed by atoms with van der Waals surface area (Å²) in [6.07, 6.45) is 1.99. The minimum Gasteiger partial charge on any atom is -0.392 e. The first-order valence-corrected chi connectivity index (χ1v) is 8.65. The molecule has 0 aliphatic rings. The van der Waals surface area contributed by atoms with E-state index in [4.69, 9.17) is 0 Å². The maximum Gasteiger partial charge on any atom is 0.225 e. The van der Waals surface area contributed by atoms with Crippen LogP contribution in [0.15, 0.2) is 18.2 Å². The molecule has 1 aromatic rings. The summed E-state index contributed by atoms with van der Waals surface area (Å²) in [5.74, 6) is 0.313. The lowest BCUT2D eigenvalue weighted by Crippen LogP contribution is -2.38. The molecule has 0 saturated carbocycles. The number of rotatable bonds is 9. The van der Waals surface area contributed by atoms with Crippen LogP contribution in [-0.2, 0) is 4.79 Å². The van der Waals surface area contributed by atoms with Gasteiger partial charge in [-0.25, -0.2) is 0 Å². The van der Waals surface area contributed by atoms with Gasteiger partial charge in [0.2, 0.25) is 5.91 Å². The first kappa shape index (κ1) is 19.7. The predicted molar refractivity (Wildman–Crippen MR) is 96.7 cm³/mol. The Morgan fingerprint density at radius 1 is 1.22 bits per heavy atom. The van der Waals surface area contributed by atoms with Crippen LogP contribution in [0.4, 0.5) is 5.69 Å². The topological polar surface area (TPSA) is 61.4 Å². The van der Waals surface area contributed by atoms with Crippen LogP contribution in [0.25, 0.3) is 0 Å². The zero-order chi connectivity index (χ0) is 17.4. The van der Waals surface area contributed by atoms with Crippen LogP contribution < -0.4 is 10.6 Å². The van der Waals surface area contributed by atoms with E-state index in [2.05, 4.69) is 30.5 Å². The van der Waals surface area contributed by atoms with Crippen LogP contribution in [0.2, 0.25) is 0 Å². The summed E-state index contributed by atoms with van der Waals surface area (Å²) in [6.45, 7) is 10.7. The molecule has 0 aliphatic heterocycles. The zero-order valence-corrected chi connectivity index (χ0v) is 15.1. The standard InChI is InChI=1S/C19H32N2O2/c1-6-16(7-2)18(22)12-20-15(5)11-19(23)21-17-9-8-13(3)10-14(17)4/h8-10,15-16,18,20,22H,6-7,11-12H2,1-5H3,(H,21,23). The van der Waals surface area contributed by atoms with Gasteiger partial charge in [0.1, 0.15) is 0 Å². The molecule has 0 bridgehead atoms. The molecule has 3 N–H and O–H groups in total. The molecular formula is C19H32N2O2. The van der Waals surface area contributed by atoms with Crippen LogP contribution >= 0.6 is 0 Å². The number of aryl methyl sites for hydroxylation is 2. The number of benzene rings is 1. The average Bonchev–Trinajstić information content (AvgIpc) is 2.49. The van der Waals surface area contributed by atoms with Gasteiger partial charge in [0.25, 0.3) is 0 Å². The maximum atomic E-state index is 12.1. The molecule has 130 valence electrons. The molecule has 23 heavy (non-hydrogen) atoms. The van der Waals surface area contributed by atoms with Crippen molar-refractivity contribution in [1.82, 2.24) is 5.32 Å². The van der Waals surface area contributed by atoms with E-state index < -0.39 is 0 Å². The Morgan fingerprint density at radius 2 is 1.87 bits per heavy atom. The maximum absolute atomic E-state index is 12.1. The highest BCUT2D eigenvalue weighted by Gasteiger charge is 2.17. The molecule has 4 nitrogen and oxygen atoms in total. The number of anilines is 1. The minimum atomic E-state index is -0.352. The molecule has 0 spiro atoms. The fraction of sp³-hybridized carbons (Fsp3) is 0.632. The second-order valence-electron chi connectivity index (χ2n) is 6.52. The number of amides is 1. The number of nitrogens with one attached hydrogen (secondary N) is 2. The second-order valence-corrected chi connectivity index (χ2v) is 6.52. The average molecular weight is 320 g/mol. The van der Waals surface area contributed by atoms with Gasteiger partial charge in [-0.1, -0.05) is 44.4 Å². The molecule has 2 atom stereocenters. The van der Waals surface area contributed by atoms with E-state index in [1.165, 1.54) is 5.56 Å². The van der Waals surface area contributed by atoms with Gasteiger partial charge in [-0.2, -0.15) is 0 Å². The Morgan fingerprint density at radius 3 is 2.43 bits per heavy atom. The highest BCUT2D eigenvalue weighted by Crippen LogP contribution is 2.16. The summed E-state index contributed by atoms with van der Waals surface area (Å²) in [7, 11) is 0. The first-order valence-electron chi connectivity index (χ1n) is 8.65. The summed E-state index contributed by atoms with van der Waals surface area (Å²) in [4.78, 5) is 12.1. The number of carbonyl (C=O) groups is 1. The number of aliphatic hydroxyl groups excluding tert-OH is 1. The van der Waals surface area contributed by atoms with E-state index in [0.29, 0.717) is 18.9 Å². The lowest BCUT2D eigenvalue weighted by atomic mass is 9.96. The molecule has 0 heterocycles. The minimum absolute atomic E-state index is 0.00558. The number of hydrogen-bond donors (Lipinski definition) is 3. The molecule has 0 aliphatic carbocycles. The summed E-state index contributed by atoms with van der Waals surface area (Å²) >= 11 is 0. The van der Waals surface area contributed by atoms with Crippen molar-refractivity contribution in [3.63, 3.8) is 0 Å². The Balaban J connectivity index is 2.41. The van der Waals surface area contributed by atoms with Crippen LogP contribution in [0.3, 0.4) is 0 Å². The smallest absolute Gasteiger partial charge is 0.225 e. The van der Waals surface area contributed by atoms with Crippen molar-refractivity contribution >= 4 is 11.6 Å². The largest absolute Gasteiger partial charge is 0.392 e. The van der Waals surface area contributed by atoms with Crippen LogP contribution in [0.1, 0.15) is 51.2 Å². The van der Waals surface area contributed by atoms with Gasteiger partial charge in [0, 0.05) is 24.7 Å². The highest BCUT2D eigenvalue weighted by molar-refractivity contribution is 5.91. The Bertz CT molecular complexity index is 498. The van der Waals surface area contributed by atoms with Crippen LogP contribution in [0, 0.1) is 19.8 Å². The van der Waals surface area contributed by atoms with Gasteiger partial charge in [0.15, 0.2) is 0 Å². The monoisotopic (exact) mass is 320 g/mol. The fourth-order valence-corrected chi connectivity index (χ4v) is 2.83. The fourth-order valence-electron chi connectivity index (χ4n) is 2.83. The summed E-state index contributed by atoms with van der Waals surface area (Å²) < 4.78 is 0. The number of hydrogen-bond acceptors (Lipinski definition) is 3.